The monoisotopic (exact) mass is 740 g/mol. The van der Waals surface area contributed by atoms with Gasteiger partial charge in [-0.3, -0.25) is 53.3 Å². The zero-order valence-electron chi connectivity index (χ0n) is 31.4. The second kappa shape index (κ2) is 25.6. The van der Waals surface area contributed by atoms with Crippen LogP contribution in [0.1, 0.15) is 65.2 Å². The molecule has 2 rings (SSSR count). The van der Waals surface area contributed by atoms with Gasteiger partial charge in [0, 0.05) is 91.0 Å². The minimum absolute atomic E-state index is 0.0378. The third-order valence-electron chi connectivity index (χ3n) is 9.38. The summed E-state index contributed by atoms with van der Waals surface area (Å²) in [7, 11) is 0. The number of hydrogen-bond acceptors (Lipinski definition) is 11. The molecule has 0 aromatic heterocycles. The first-order valence-electron chi connectivity index (χ1n) is 18.9. The van der Waals surface area contributed by atoms with Crippen molar-refractivity contribution in [3.8, 4) is 0 Å². The zero-order chi connectivity index (χ0) is 38.3. The molecule has 0 spiro atoms. The highest BCUT2D eigenvalue weighted by Crippen LogP contribution is 2.11. The molecule has 17 heteroatoms. The SMILES string of the molecule is CC(C)CCCNC(=O)CCCCCNC(=O)CN1CCC(NC(=O)CN2CCN(CC(=O)O)CCN(CC(=O)O)CCN(CC(=O)O)CC2)CC1. The van der Waals surface area contributed by atoms with E-state index in [1.165, 1.54) is 0 Å². The Balaban J connectivity index is 1.74. The first kappa shape index (κ1) is 44.8. The van der Waals surface area contributed by atoms with Gasteiger partial charge in [-0.2, -0.15) is 0 Å². The largest absolute Gasteiger partial charge is 0.480 e. The maximum absolute atomic E-state index is 13.2. The number of nitrogens with one attached hydrogen (secondary N) is 3. The zero-order valence-corrected chi connectivity index (χ0v) is 31.4. The van der Waals surface area contributed by atoms with Crippen LogP contribution in [0.15, 0.2) is 0 Å². The highest BCUT2D eigenvalue weighted by molar-refractivity contribution is 5.79. The van der Waals surface area contributed by atoms with Gasteiger partial charge in [0.15, 0.2) is 0 Å². The lowest BCUT2D eigenvalue weighted by molar-refractivity contribution is -0.140. The third-order valence-corrected chi connectivity index (χ3v) is 9.38. The fraction of sp³-hybridized carbons (Fsp3) is 0.829. The maximum atomic E-state index is 13.2. The van der Waals surface area contributed by atoms with Gasteiger partial charge in [-0.15, -0.1) is 0 Å². The molecule has 0 aromatic carbocycles. The molecule has 0 bridgehead atoms. The number of carbonyl (C=O) groups is 6. The summed E-state index contributed by atoms with van der Waals surface area (Å²) in [6.07, 6.45) is 6.49. The molecular formula is C35H64N8O9. The van der Waals surface area contributed by atoms with E-state index in [0.29, 0.717) is 104 Å². The van der Waals surface area contributed by atoms with Gasteiger partial charge in [0.1, 0.15) is 0 Å². The van der Waals surface area contributed by atoms with Crippen molar-refractivity contribution in [3.63, 3.8) is 0 Å². The average Bonchev–Trinajstić information content (AvgIpc) is 3.06. The molecule has 2 heterocycles. The number of nitrogens with zero attached hydrogens (tertiary/aromatic N) is 5. The number of unbranched alkanes of at least 4 members (excludes halogenated alkanes) is 2. The molecule has 0 unspecified atom stereocenters. The van der Waals surface area contributed by atoms with E-state index in [1.54, 1.807) is 14.7 Å². The van der Waals surface area contributed by atoms with Gasteiger partial charge >= 0.3 is 17.9 Å². The fourth-order valence-corrected chi connectivity index (χ4v) is 6.40. The molecule has 0 aliphatic carbocycles. The predicted octanol–water partition coefficient (Wildman–Crippen LogP) is -0.729. The molecule has 0 radical (unpaired) electrons. The number of aliphatic carboxylic acids is 3. The fourth-order valence-electron chi connectivity index (χ4n) is 6.40. The molecule has 3 amide bonds. The van der Waals surface area contributed by atoms with Crippen LogP contribution < -0.4 is 16.0 Å². The van der Waals surface area contributed by atoms with E-state index in [1.807, 2.05) is 4.90 Å². The molecular weight excluding hydrogens is 676 g/mol. The smallest absolute Gasteiger partial charge is 0.317 e. The Bertz CT molecular complexity index is 1090. The molecule has 2 saturated heterocycles. The summed E-state index contributed by atoms with van der Waals surface area (Å²) in [5.74, 6) is -2.50. The van der Waals surface area contributed by atoms with Crippen molar-refractivity contribution < 1.29 is 44.1 Å². The Morgan fingerprint density at radius 2 is 0.923 bits per heavy atom. The van der Waals surface area contributed by atoms with Gasteiger partial charge < -0.3 is 31.3 Å². The molecule has 298 valence electrons. The van der Waals surface area contributed by atoms with E-state index in [0.717, 1.165) is 38.6 Å². The van der Waals surface area contributed by atoms with E-state index in [2.05, 4.69) is 34.7 Å². The summed E-state index contributed by atoms with van der Waals surface area (Å²) in [5.41, 5.74) is 0. The summed E-state index contributed by atoms with van der Waals surface area (Å²) in [6, 6.07) is -0.0427. The average molecular weight is 741 g/mol. The predicted molar refractivity (Wildman–Crippen MR) is 195 cm³/mol. The first-order valence-corrected chi connectivity index (χ1v) is 18.9. The van der Waals surface area contributed by atoms with Gasteiger partial charge in [0.25, 0.3) is 0 Å². The van der Waals surface area contributed by atoms with Crippen LogP contribution in [0.3, 0.4) is 0 Å². The number of carboxylic acid groups (broad SMARTS) is 3. The molecule has 2 aliphatic rings. The van der Waals surface area contributed by atoms with Crippen LogP contribution in [0.25, 0.3) is 0 Å². The second-order valence-corrected chi connectivity index (χ2v) is 14.5. The molecule has 52 heavy (non-hydrogen) atoms. The van der Waals surface area contributed by atoms with Crippen molar-refractivity contribution in [1.82, 2.24) is 40.4 Å². The lowest BCUT2D eigenvalue weighted by Crippen LogP contribution is -2.51. The second-order valence-electron chi connectivity index (χ2n) is 14.5. The highest BCUT2D eigenvalue weighted by Gasteiger charge is 2.24. The van der Waals surface area contributed by atoms with Gasteiger partial charge in [-0.1, -0.05) is 20.3 Å². The van der Waals surface area contributed by atoms with E-state index in [9.17, 15) is 44.1 Å². The van der Waals surface area contributed by atoms with Crippen LogP contribution in [0, 0.1) is 5.92 Å². The molecule has 2 aliphatic heterocycles. The van der Waals surface area contributed by atoms with E-state index in [4.69, 9.17) is 0 Å². The molecule has 6 N–H and O–H groups in total. The van der Waals surface area contributed by atoms with Crippen molar-refractivity contribution in [2.24, 2.45) is 5.92 Å². The number of hydrogen-bond donors (Lipinski definition) is 6. The van der Waals surface area contributed by atoms with Crippen LogP contribution in [-0.4, -0.2) is 193 Å². The van der Waals surface area contributed by atoms with E-state index in [-0.39, 0.29) is 49.9 Å². The van der Waals surface area contributed by atoms with Crippen LogP contribution in [0.5, 0.6) is 0 Å². The molecule has 0 atom stereocenters. The molecule has 17 nitrogen and oxygen atoms in total. The van der Waals surface area contributed by atoms with Gasteiger partial charge in [-0.25, -0.2) is 0 Å². The Morgan fingerprint density at radius 3 is 1.38 bits per heavy atom. The van der Waals surface area contributed by atoms with Gasteiger partial charge in [-0.05, 0) is 44.4 Å². The lowest BCUT2D eigenvalue weighted by atomic mass is 10.0. The van der Waals surface area contributed by atoms with Crippen molar-refractivity contribution in [2.45, 2.75) is 71.3 Å². The molecule has 2 fully saturated rings. The standard InChI is InChI=1S/C35H64N8O9/c1-28(2)7-6-12-36-30(44)8-4-3-5-11-37-31(45)23-39-13-9-29(10-14-39)38-32(46)24-40-15-17-41(25-33(47)48)19-21-43(27-35(51)52)22-20-42(18-16-40)26-34(49)50/h28-29H,3-27H2,1-2H3,(H,36,44)(H,37,45)(H,38,46)(H,47,48)(H,49,50)(H,51,52). The van der Waals surface area contributed by atoms with Crippen molar-refractivity contribution in [1.29, 1.82) is 0 Å². The number of amides is 3. The number of carboxylic acids is 3. The Hall–Kier alpha value is -3.38. The van der Waals surface area contributed by atoms with Gasteiger partial charge in [0.2, 0.25) is 17.7 Å². The number of likely N-dealkylation sites (tertiary alicyclic amines) is 1. The summed E-state index contributed by atoms with van der Waals surface area (Å²) in [4.78, 5) is 81.1. The van der Waals surface area contributed by atoms with Crippen LogP contribution in [-0.2, 0) is 28.8 Å². The minimum atomic E-state index is -1.01. The number of rotatable bonds is 21. The molecule has 0 saturated carbocycles. The van der Waals surface area contributed by atoms with E-state index < -0.39 is 17.9 Å². The summed E-state index contributed by atoms with van der Waals surface area (Å²) < 4.78 is 0. The number of carbonyl (C=O) groups excluding carboxylic acids is 3. The normalized spacial score (nSPS) is 18.3. The van der Waals surface area contributed by atoms with Crippen molar-refractivity contribution >= 4 is 35.6 Å². The highest BCUT2D eigenvalue weighted by atomic mass is 16.4. The maximum Gasteiger partial charge on any atom is 0.317 e. The summed E-state index contributed by atoms with van der Waals surface area (Å²) in [5, 5.41) is 37.2. The third kappa shape index (κ3) is 21.9. The first-order chi connectivity index (χ1) is 24.8. The van der Waals surface area contributed by atoms with E-state index >= 15 is 0 Å². The Kier molecular flexibility index (Phi) is 22.0. The Morgan fingerprint density at radius 1 is 0.519 bits per heavy atom. The van der Waals surface area contributed by atoms with Crippen LogP contribution in [0.2, 0.25) is 0 Å². The van der Waals surface area contributed by atoms with Crippen LogP contribution >= 0.6 is 0 Å². The molecule has 0 aromatic rings. The van der Waals surface area contributed by atoms with Crippen LogP contribution in [0.4, 0.5) is 0 Å². The summed E-state index contributed by atoms with van der Waals surface area (Å²) in [6.45, 7) is 9.34. The van der Waals surface area contributed by atoms with Crippen molar-refractivity contribution in [3.05, 3.63) is 0 Å². The van der Waals surface area contributed by atoms with Crippen molar-refractivity contribution in [2.75, 3.05) is 111 Å². The minimum Gasteiger partial charge on any atom is -0.480 e. The Labute approximate surface area is 308 Å². The quantitative estimate of drug-likeness (QED) is 0.0801. The summed E-state index contributed by atoms with van der Waals surface area (Å²) >= 11 is 0. The topological polar surface area (TPSA) is 215 Å². The lowest BCUT2D eigenvalue weighted by Gasteiger charge is -2.34. The van der Waals surface area contributed by atoms with Gasteiger partial charge in [0.05, 0.1) is 32.7 Å². The number of piperidine rings is 1.